The topological polar surface area (TPSA) is 121 Å². The SMILES string of the molecule is NC1CCC(CCO)CC1.O=C(O)C(=O)O. The Morgan fingerprint density at radius 3 is 1.81 bits per heavy atom. The van der Waals surface area contributed by atoms with Gasteiger partial charge in [-0.25, -0.2) is 9.59 Å². The van der Waals surface area contributed by atoms with E-state index in [4.69, 9.17) is 30.6 Å². The minimum absolute atomic E-state index is 0.347. The van der Waals surface area contributed by atoms with Crippen LogP contribution in [0.2, 0.25) is 0 Å². The summed E-state index contributed by atoms with van der Waals surface area (Å²) in [6.07, 6.45) is 5.74. The summed E-state index contributed by atoms with van der Waals surface area (Å²) in [5.74, 6) is -2.89. The predicted molar refractivity (Wildman–Crippen MR) is 56.9 cm³/mol. The maximum atomic E-state index is 9.10. The molecule has 1 fully saturated rings. The van der Waals surface area contributed by atoms with E-state index in [9.17, 15) is 0 Å². The number of hydrogen-bond acceptors (Lipinski definition) is 4. The van der Waals surface area contributed by atoms with E-state index in [-0.39, 0.29) is 0 Å². The molecule has 94 valence electrons. The van der Waals surface area contributed by atoms with E-state index in [0.717, 1.165) is 25.2 Å². The Bertz CT molecular complexity index is 211. The molecule has 6 nitrogen and oxygen atoms in total. The molecule has 0 amide bonds. The van der Waals surface area contributed by atoms with Crippen molar-refractivity contribution in [1.29, 1.82) is 0 Å². The number of hydrogen-bond donors (Lipinski definition) is 4. The predicted octanol–water partition coefficient (Wildman–Crippen LogP) is 0.0419. The van der Waals surface area contributed by atoms with Gasteiger partial charge in [-0.15, -0.1) is 0 Å². The van der Waals surface area contributed by atoms with Crippen LogP contribution in [0.3, 0.4) is 0 Å². The van der Waals surface area contributed by atoms with Crippen LogP contribution < -0.4 is 5.73 Å². The number of aliphatic hydroxyl groups excluding tert-OH is 1. The molecular weight excluding hydrogens is 214 g/mol. The summed E-state index contributed by atoms with van der Waals surface area (Å²) >= 11 is 0. The third-order valence-electron chi connectivity index (χ3n) is 2.61. The Morgan fingerprint density at radius 1 is 1.06 bits per heavy atom. The average Bonchev–Trinajstić information content (AvgIpc) is 2.22. The molecule has 0 radical (unpaired) electrons. The van der Waals surface area contributed by atoms with Crippen LogP contribution in [0.15, 0.2) is 0 Å². The van der Waals surface area contributed by atoms with Crippen molar-refractivity contribution >= 4 is 11.9 Å². The van der Waals surface area contributed by atoms with Gasteiger partial charge in [0.05, 0.1) is 0 Å². The first-order chi connectivity index (χ1) is 7.47. The second-order valence-corrected chi connectivity index (χ2v) is 3.90. The average molecular weight is 233 g/mol. The molecule has 1 saturated carbocycles. The fourth-order valence-electron chi connectivity index (χ4n) is 1.66. The van der Waals surface area contributed by atoms with Crippen molar-refractivity contribution in [3.05, 3.63) is 0 Å². The van der Waals surface area contributed by atoms with Gasteiger partial charge in [0.1, 0.15) is 0 Å². The molecule has 1 aliphatic carbocycles. The van der Waals surface area contributed by atoms with Crippen molar-refractivity contribution in [2.45, 2.75) is 38.1 Å². The number of rotatable bonds is 2. The van der Waals surface area contributed by atoms with Gasteiger partial charge in [-0.05, 0) is 38.0 Å². The summed E-state index contributed by atoms with van der Waals surface area (Å²) in [5, 5.41) is 23.4. The van der Waals surface area contributed by atoms with Crippen molar-refractivity contribution in [2.75, 3.05) is 6.61 Å². The molecular formula is C10H19NO5. The molecule has 1 rings (SSSR count). The number of aliphatic hydroxyl groups is 1. The molecule has 0 atom stereocenters. The normalized spacial score (nSPS) is 24.1. The number of carboxylic acids is 2. The zero-order chi connectivity index (χ0) is 12.6. The van der Waals surface area contributed by atoms with Crippen LogP contribution in [0, 0.1) is 5.92 Å². The van der Waals surface area contributed by atoms with Crippen molar-refractivity contribution in [3.8, 4) is 0 Å². The highest BCUT2D eigenvalue weighted by Gasteiger charge is 2.17. The monoisotopic (exact) mass is 233 g/mol. The van der Waals surface area contributed by atoms with Crippen molar-refractivity contribution in [2.24, 2.45) is 11.7 Å². The lowest BCUT2D eigenvalue weighted by molar-refractivity contribution is -0.159. The van der Waals surface area contributed by atoms with Crippen LogP contribution in [-0.2, 0) is 9.59 Å². The van der Waals surface area contributed by atoms with E-state index < -0.39 is 11.9 Å². The third kappa shape index (κ3) is 7.19. The van der Waals surface area contributed by atoms with Crippen molar-refractivity contribution in [1.82, 2.24) is 0 Å². The number of aliphatic carboxylic acids is 2. The Hall–Kier alpha value is -1.14. The standard InChI is InChI=1S/C8H17NO.C2H2O4/c9-8-3-1-7(2-4-8)5-6-10;3-1(4)2(5)6/h7-8,10H,1-6,9H2;(H,3,4)(H,5,6). The van der Waals surface area contributed by atoms with Crippen molar-refractivity contribution in [3.63, 3.8) is 0 Å². The van der Waals surface area contributed by atoms with E-state index in [0.29, 0.717) is 12.6 Å². The summed E-state index contributed by atoms with van der Waals surface area (Å²) in [6.45, 7) is 0.347. The fraction of sp³-hybridized carbons (Fsp3) is 0.800. The molecule has 1 aliphatic rings. The van der Waals surface area contributed by atoms with Gasteiger partial charge in [0.25, 0.3) is 0 Å². The summed E-state index contributed by atoms with van der Waals surface area (Å²) in [6, 6.07) is 0.440. The number of carboxylic acid groups (broad SMARTS) is 2. The highest BCUT2D eigenvalue weighted by Crippen LogP contribution is 2.25. The van der Waals surface area contributed by atoms with Gasteiger partial charge in [0.2, 0.25) is 0 Å². The Balaban J connectivity index is 0.000000325. The molecule has 6 heteroatoms. The largest absolute Gasteiger partial charge is 0.473 e. The summed E-state index contributed by atoms with van der Waals surface area (Å²) in [5.41, 5.74) is 5.73. The van der Waals surface area contributed by atoms with Gasteiger partial charge in [-0.3, -0.25) is 0 Å². The summed E-state index contributed by atoms with van der Waals surface area (Å²) < 4.78 is 0. The van der Waals surface area contributed by atoms with Gasteiger partial charge in [-0.2, -0.15) is 0 Å². The molecule has 0 heterocycles. The molecule has 0 saturated heterocycles. The van der Waals surface area contributed by atoms with E-state index in [2.05, 4.69) is 0 Å². The minimum Gasteiger partial charge on any atom is -0.473 e. The zero-order valence-corrected chi connectivity index (χ0v) is 9.13. The second kappa shape index (κ2) is 8.06. The lowest BCUT2D eigenvalue weighted by Crippen LogP contribution is -2.26. The van der Waals surface area contributed by atoms with Crippen LogP contribution in [0.4, 0.5) is 0 Å². The molecule has 0 aromatic heterocycles. The molecule has 0 spiro atoms. The summed E-state index contributed by atoms with van der Waals surface area (Å²) in [7, 11) is 0. The Labute approximate surface area is 94.1 Å². The maximum Gasteiger partial charge on any atom is 0.414 e. The molecule has 5 N–H and O–H groups in total. The molecule has 16 heavy (non-hydrogen) atoms. The maximum absolute atomic E-state index is 9.10. The van der Waals surface area contributed by atoms with E-state index in [1.54, 1.807) is 0 Å². The van der Waals surface area contributed by atoms with E-state index in [1.807, 2.05) is 0 Å². The molecule has 0 bridgehead atoms. The van der Waals surface area contributed by atoms with Crippen LogP contribution in [0.25, 0.3) is 0 Å². The fourth-order valence-corrected chi connectivity index (χ4v) is 1.66. The first-order valence-electron chi connectivity index (χ1n) is 5.30. The van der Waals surface area contributed by atoms with Crippen molar-refractivity contribution < 1.29 is 24.9 Å². The van der Waals surface area contributed by atoms with E-state index >= 15 is 0 Å². The van der Waals surface area contributed by atoms with Gasteiger partial charge in [0, 0.05) is 12.6 Å². The molecule has 0 aromatic rings. The van der Waals surface area contributed by atoms with Crippen LogP contribution in [-0.4, -0.2) is 39.9 Å². The minimum atomic E-state index is -1.82. The molecule has 0 unspecified atom stereocenters. The third-order valence-corrected chi connectivity index (χ3v) is 2.61. The van der Waals surface area contributed by atoms with Crippen LogP contribution >= 0.6 is 0 Å². The lowest BCUT2D eigenvalue weighted by Gasteiger charge is -2.25. The van der Waals surface area contributed by atoms with Gasteiger partial charge < -0.3 is 21.1 Å². The van der Waals surface area contributed by atoms with Crippen LogP contribution in [0.5, 0.6) is 0 Å². The number of carbonyl (C=O) groups is 2. The van der Waals surface area contributed by atoms with Gasteiger partial charge >= 0.3 is 11.9 Å². The Morgan fingerprint density at radius 2 is 1.50 bits per heavy atom. The van der Waals surface area contributed by atoms with Gasteiger partial charge in [-0.1, -0.05) is 0 Å². The van der Waals surface area contributed by atoms with Gasteiger partial charge in [0.15, 0.2) is 0 Å². The molecule has 0 aromatic carbocycles. The second-order valence-electron chi connectivity index (χ2n) is 3.90. The molecule has 0 aliphatic heterocycles. The number of nitrogens with two attached hydrogens (primary N) is 1. The van der Waals surface area contributed by atoms with Crippen LogP contribution in [0.1, 0.15) is 32.1 Å². The summed E-state index contributed by atoms with van der Waals surface area (Å²) in [4.78, 5) is 18.2. The lowest BCUT2D eigenvalue weighted by atomic mass is 9.85. The smallest absolute Gasteiger partial charge is 0.414 e. The highest BCUT2D eigenvalue weighted by molar-refractivity contribution is 6.27. The zero-order valence-electron chi connectivity index (χ0n) is 9.13. The first-order valence-corrected chi connectivity index (χ1v) is 5.30. The van der Waals surface area contributed by atoms with E-state index in [1.165, 1.54) is 12.8 Å². The first kappa shape index (κ1) is 14.9. The highest BCUT2D eigenvalue weighted by atomic mass is 16.4. The Kier molecular flexibility index (Phi) is 7.49. The quantitative estimate of drug-likeness (QED) is 0.500.